The zero-order valence-electron chi connectivity index (χ0n) is 14.0. The van der Waals surface area contributed by atoms with Gasteiger partial charge in [-0.15, -0.1) is 0 Å². The van der Waals surface area contributed by atoms with Crippen molar-refractivity contribution in [1.82, 2.24) is 9.80 Å². The first-order valence-electron chi connectivity index (χ1n) is 8.87. The van der Waals surface area contributed by atoms with Crippen LogP contribution >= 0.6 is 11.6 Å². The lowest BCUT2D eigenvalue weighted by Crippen LogP contribution is -2.45. The van der Waals surface area contributed by atoms with E-state index in [-0.39, 0.29) is 5.92 Å². The Bertz CT molecular complexity index is 540. The van der Waals surface area contributed by atoms with Crippen LogP contribution in [0.25, 0.3) is 0 Å². The van der Waals surface area contributed by atoms with Crippen LogP contribution in [0.15, 0.2) is 24.3 Å². The lowest BCUT2D eigenvalue weighted by molar-refractivity contribution is -0.138. The molecule has 2 aliphatic rings. The van der Waals surface area contributed by atoms with E-state index in [1.165, 1.54) is 18.4 Å². The predicted octanol–water partition coefficient (Wildman–Crippen LogP) is 3.81. The molecule has 0 N–H and O–H groups in total. The van der Waals surface area contributed by atoms with E-state index in [0.29, 0.717) is 11.8 Å². The molecule has 0 unspecified atom stereocenters. The fourth-order valence-electron chi connectivity index (χ4n) is 3.88. The van der Waals surface area contributed by atoms with Gasteiger partial charge in [0, 0.05) is 30.6 Å². The van der Waals surface area contributed by atoms with Crippen molar-refractivity contribution in [2.24, 2.45) is 11.8 Å². The first-order chi connectivity index (χ1) is 11.1. The first-order valence-corrected chi connectivity index (χ1v) is 9.25. The van der Waals surface area contributed by atoms with Crippen molar-refractivity contribution in [3.63, 3.8) is 0 Å². The number of amides is 1. The predicted molar refractivity (Wildman–Crippen MR) is 94.4 cm³/mol. The summed E-state index contributed by atoms with van der Waals surface area (Å²) in [6.07, 6.45) is 4.41. The Balaban J connectivity index is 1.49. The van der Waals surface area contributed by atoms with Gasteiger partial charge in [-0.3, -0.25) is 9.69 Å². The molecule has 0 bridgehead atoms. The van der Waals surface area contributed by atoms with Crippen LogP contribution in [-0.4, -0.2) is 41.9 Å². The molecule has 23 heavy (non-hydrogen) atoms. The van der Waals surface area contributed by atoms with Crippen molar-refractivity contribution < 1.29 is 4.79 Å². The molecule has 0 saturated carbocycles. The Morgan fingerprint density at radius 3 is 2.70 bits per heavy atom. The quantitative estimate of drug-likeness (QED) is 0.839. The van der Waals surface area contributed by atoms with Crippen molar-refractivity contribution in [3.05, 3.63) is 34.9 Å². The summed E-state index contributed by atoms with van der Waals surface area (Å²) in [4.78, 5) is 17.3. The molecule has 3 nitrogen and oxygen atoms in total. The number of carbonyl (C=O) groups excluding carboxylic acids is 1. The molecule has 2 fully saturated rings. The van der Waals surface area contributed by atoms with E-state index in [0.717, 1.165) is 50.6 Å². The smallest absolute Gasteiger partial charge is 0.225 e. The number of hydrogen-bond donors (Lipinski definition) is 0. The van der Waals surface area contributed by atoms with E-state index in [1.807, 2.05) is 18.2 Å². The number of piperidine rings is 2. The van der Waals surface area contributed by atoms with Gasteiger partial charge in [-0.2, -0.15) is 0 Å². The van der Waals surface area contributed by atoms with E-state index in [4.69, 9.17) is 11.6 Å². The van der Waals surface area contributed by atoms with Crippen LogP contribution in [0.1, 0.15) is 38.2 Å². The summed E-state index contributed by atoms with van der Waals surface area (Å²) in [5.74, 6) is 1.30. The van der Waals surface area contributed by atoms with E-state index >= 15 is 0 Å². The number of nitrogens with zero attached hydrogens (tertiary/aromatic N) is 2. The minimum atomic E-state index is 0.232. The summed E-state index contributed by atoms with van der Waals surface area (Å²) < 4.78 is 0. The summed E-state index contributed by atoms with van der Waals surface area (Å²) in [5, 5.41) is 0.798. The summed E-state index contributed by atoms with van der Waals surface area (Å²) in [7, 11) is 0. The summed E-state index contributed by atoms with van der Waals surface area (Å²) in [6, 6.07) is 8.08. The highest BCUT2D eigenvalue weighted by Gasteiger charge is 2.30. The van der Waals surface area contributed by atoms with Gasteiger partial charge in [-0.25, -0.2) is 0 Å². The van der Waals surface area contributed by atoms with Crippen molar-refractivity contribution in [2.75, 3.05) is 26.2 Å². The van der Waals surface area contributed by atoms with Gasteiger partial charge in [0.25, 0.3) is 0 Å². The third-order valence-corrected chi connectivity index (χ3v) is 5.44. The summed E-state index contributed by atoms with van der Waals surface area (Å²) >= 11 is 6.06. The second-order valence-corrected chi connectivity index (χ2v) is 7.65. The molecule has 0 aromatic heterocycles. The minimum absolute atomic E-state index is 0.232. The Kier molecular flexibility index (Phi) is 5.60. The lowest BCUT2D eigenvalue weighted by atomic mass is 9.92. The van der Waals surface area contributed by atoms with Crippen LogP contribution in [0.3, 0.4) is 0 Å². The molecule has 3 rings (SSSR count). The second-order valence-electron chi connectivity index (χ2n) is 7.21. The van der Waals surface area contributed by atoms with Crippen molar-refractivity contribution in [3.8, 4) is 0 Å². The van der Waals surface area contributed by atoms with Gasteiger partial charge >= 0.3 is 0 Å². The molecule has 4 heteroatoms. The lowest BCUT2D eigenvalue weighted by Gasteiger charge is -2.37. The van der Waals surface area contributed by atoms with Gasteiger partial charge in [0.1, 0.15) is 0 Å². The molecular formula is C19H27ClN2O. The molecule has 1 aromatic carbocycles. The fraction of sp³-hybridized carbons (Fsp3) is 0.632. The van der Waals surface area contributed by atoms with Crippen LogP contribution < -0.4 is 0 Å². The molecule has 0 spiro atoms. The van der Waals surface area contributed by atoms with Crippen LogP contribution in [0.4, 0.5) is 0 Å². The number of halogens is 1. The zero-order valence-corrected chi connectivity index (χ0v) is 14.8. The Hall–Kier alpha value is -1.06. The van der Waals surface area contributed by atoms with E-state index in [9.17, 15) is 4.79 Å². The standard InChI is InChI=1S/C19H27ClN2O/c1-15-4-3-9-22(13-15)19(23)17-7-10-21(11-8-17)14-16-5-2-6-18(20)12-16/h2,5-6,12,15,17H,3-4,7-11,13-14H2,1H3/t15-/m0/s1. The third-order valence-electron chi connectivity index (χ3n) is 5.20. The maximum absolute atomic E-state index is 12.7. The van der Waals surface area contributed by atoms with Gasteiger partial charge in [-0.05, 0) is 62.4 Å². The number of carbonyl (C=O) groups is 1. The van der Waals surface area contributed by atoms with Gasteiger partial charge < -0.3 is 4.90 Å². The van der Waals surface area contributed by atoms with Crippen LogP contribution in [0.5, 0.6) is 0 Å². The van der Waals surface area contributed by atoms with Gasteiger partial charge in [0.05, 0.1) is 0 Å². The molecule has 1 aromatic rings. The molecule has 1 atom stereocenters. The van der Waals surface area contributed by atoms with Crippen molar-refractivity contribution >= 4 is 17.5 Å². The maximum atomic E-state index is 12.7. The molecule has 2 aliphatic heterocycles. The third kappa shape index (κ3) is 4.48. The first kappa shape index (κ1) is 16.8. The van der Waals surface area contributed by atoms with E-state index < -0.39 is 0 Å². The molecule has 126 valence electrons. The average molecular weight is 335 g/mol. The number of rotatable bonds is 3. The normalized spacial score (nSPS) is 23.9. The molecule has 0 radical (unpaired) electrons. The van der Waals surface area contributed by atoms with Crippen LogP contribution in [0, 0.1) is 11.8 Å². The Morgan fingerprint density at radius 1 is 1.22 bits per heavy atom. The Labute approximate surface area is 144 Å². The largest absolute Gasteiger partial charge is 0.342 e. The zero-order chi connectivity index (χ0) is 16.2. The van der Waals surface area contributed by atoms with Crippen molar-refractivity contribution in [1.29, 1.82) is 0 Å². The van der Waals surface area contributed by atoms with Gasteiger partial charge in [-0.1, -0.05) is 30.7 Å². The fourth-order valence-corrected chi connectivity index (χ4v) is 4.09. The van der Waals surface area contributed by atoms with E-state index in [2.05, 4.69) is 22.8 Å². The number of hydrogen-bond acceptors (Lipinski definition) is 2. The minimum Gasteiger partial charge on any atom is -0.342 e. The molecule has 2 saturated heterocycles. The molecule has 1 amide bonds. The summed E-state index contributed by atoms with van der Waals surface area (Å²) in [5.41, 5.74) is 1.26. The van der Waals surface area contributed by atoms with Crippen LogP contribution in [0.2, 0.25) is 5.02 Å². The molecule has 0 aliphatic carbocycles. The molecular weight excluding hydrogens is 308 g/mol. The highest BCUT2D eigenvalue weighted by atomic mass is 35.5. The molecule has 2 heterocycles. The summed E-state index contributed by atoms with van der Waals surface area (Å²) in [6.45, 7) is 7.13. The van der Waals surface area contributed by atoms with Crippen LogP contribution in [-0.2, 0) is 11.3 Å². The Morgan fingerprint density at radius 2 is 2.00 bits per heavy atom. The second kappa shape index (κ2) is 7.67. The van der Waals surface area contributed by atoms with Gasteiger partial charge in [0.2, 0.25) is 5.91 Å². The SMILES string of the molecule is C[C@H]1CCCN(C(=O)C2CCN(Cc3cccc(Cl)c3)CC2)C1. The highest BCUT2D eigenvalue weighted by Crippen LogP contribution is 2.24. The van der Waals surface area contributed by atoms with E-state index in [1.54, 1.807) is 0 Å². The average Bonchev–Trinajstić information content (AvgIpc) is 2.55. The number of benzene rings is 1. The topological polar surface area (TPSA) is 23.6 Å². The highest BCUT2D eigenvalue weighted by molar-refractivity contribution is 6.30. The number of likely N-dealkylation sites (tertiary alicyclic amines) is 2. The maximum Gasteiger partial charge on any atom is 0.225 e. The van der Waals surface area contributed by atoms with Gasteiger partial charge in [0.15, 0.2) is 0 Å². The van der Waals surface area contributed by atoms with Crippen molar-refractivity contribution in [2.45, 2.75) is 39.2 Å². The monoisotopic (exact) mass is 334 g/mol.